The number of hydrogen-bond acceptors (Lipinski definition) is 6. The van der Waals surface area contributed by atoms with Gasteiger partial charge in [-0.05, 0) is 50.8 Å². The number of nitrogens with zero attached hydrogens (tertiary/aromatic N) is 4. The van der Waals surface area contributed by atoms with Gasteiger partial charge in [-0.15, -0.1) is 0 Å². The molecule has 1 aromatic carbocycles. The molecule has 4 rings (SSSR count). The number of carbonyl (C=O) groups is 1. The largest absolute Gasteiger partial charge is 0.363 e. The highest BCUT2D eigenvalue weighted by Gasteiger charge is 2.47. The van der Waals surface area contributed by atoms with Gasteiger partial charge < -0.3 is 10.2 Å². The van der Waals surface area contributed by atoms with Gasteiger partial charge in [0.05, 0.1) is 23.4 Å². The smallest absolute Gasteiger partial charge is 0.266 e. The topological polar surface area (TPSA) is 81.9 Å². The Kier molecular flexibility index (Phi) is 6.83. The number of carbonyl (C=O) groups excluding carboxylic acids is 1. The fraction of sp³-hybridized carbons (Fsp3) is 0.500. The summed E-state index contributed by atoms with van der Waals surface area (Å²) in [6.07, 6.45) is -0.767. The lowest BCUT2D eigenvalue weighted by molar-refractivity contribution is -0.133. The number of rotatable bonds is 8. The van der Waals surface area contributed by atoms with Crippen LogP contribution in [0.4, 0.5) is 19.0 Å². The average molecular weight is 492 g/mol. The van der Waals surface area contributed by atoms with Gasteiger partial charge in [0.2, 0.25) is 5.28 Å². The number of hydrogen-bond donors (Lipinski definition) is 1. The van der Waals surface area contributed by atoms with Crippen molar-refractivity contribution >= 4 is 23.2 Å². The molecule has 0 bridgehead atoms. The lowest BCUT2D eigenvalue weighted by Crippen LogP contribution is -2.57. The van der Waals surface area contributed by atoms with E-state index in [4.69, 9.17) is 11.6 Å². The van der Waals surface area contributed by atoms with Crippen LogP contribution in [0.15, 0.2) is 18.2 Å². The molecular weight excluding hydrogens is 467 g/mol. The number of anilines is 1. The molecule has 1 unspecified atom stereocenters. The molecule has 1 fully saturated rings. The van der Waals surface area contributed by atoms with Crippen LogP contribution in [0.2, 0.25) is 5.28 Å². The van der Waals surface area contributed by atoms with Crippen LogP contribution < -0.4 is 5.32 Å². The number of ketones is 1. The third kappa shape index (κ3) is 4.62. The van der Waals surface area contributed by atoms with Crippen LogP contribution in [0.3, 0.4) is 0 Å². The van der Waals surface area contributed by atoms with Crippen molar-refractivity contribution in [2.75, 3.05) is 25.5 Å². The van der Waals surface area contributed by atoms with Crippen LogP contribution in [0, 0.1) is 28.5 Å². The number of alkyl halides is 2. The van der Waals surface area contributed by atoms with Crippen LogP contribution in [-0.2, 0) is 17.6 Å². The van der Waals surface area contributed by atoms with Crippen molar-refractivity contribution in [1.82, 2.24) is 14.9 Å². The molecule has 1 N–H and O–H groups in total. The third-order valence-corrected chi connectivity index (χ3v) is 6.93. The van der Waals surface area contributed by atoms with Gasteiger partial charge in [-0.3, -0.25) is 4.79 Å². The molecule has 1 aliphatic heterocycles. The van der Waals surface area contributed by atoms with Crippen molar-refractivity contribution in [2.45, 2.75) is 45.1 Å². The molecule has 0 saturated carbocycles. The average Bonchev–Trinajstić information content (AvgIpc) is 3.17. The first-order valence-corrected chi connectivity index (χ1v) is 11.5. The molecule has 0 spiro atoms. The summed E-state index contributed by atoms with van der Waals surface area (Å²) in [5.41, 5.74) is 0.149. The van der Waals surface area contributed by atoms with Crippen LogP contribution in [-0.4, -0.2) is 40.8 Å². The standard InChI is InChI=1S/C24H25ClF3N5O/c1-13(15-4-3-5-16(20(15)26)21(27)28)30-22-17-8-14(9-18(17)31-23(25)32-22)6-7-19(34)24(10-29)11-33(2)12-24/h3-5,13-14,21H,6-9,11-12H2,1-2H3,(H,30,31,32)/t13-,14?/m1/s1. The monoisotopic (exact) mass is 491 g/mol. The molecule has 0 amide bonds. The van der Waals surface area contributed by atoms with Crippen LogP contribution in [0.25, 0.3) is 0 Å². The summed E-state index contributed by atoms with van der Waals surface area (Å²) in [5, 5.41) is 12.6. The number of nitriles is 1. The molecule has 2 heterocycles. The zero-order chi connectivity index (χ0) is 24.6. The summed E-state index contributed by atoms with van der Waals surface area (Å²) >= 11 is 6.12. The van der Waals surface area contributed by atoms with Gasteiger partial charge in [-0.25, -0.2) is 23.1 Å². The summed E-state index contributed by atoms with van der Waals surface area (Å²) in [6.45, 7) is 2.59. The molecular formula is C24H25ClF3N5O. The maximum absolute atomic E-state index is 14.6. The number of aromatic nitrogens is 2. The number of fused-ring (bicyclic) bond motifs is 1. The second-order valence-corrected chi connectivity index (χ2v) is 9.62. The van der Waals surface area contributed by atoms with Crippen molar-refractivity contribution in [1.29, 1.82) is 5.26 Å². The SMILES string of the molecule is C[C@@H](Nc1nc(Cl)nc2c1CC(CCC(=O)C1(C#N)CN(C)C1)C2)c1cccc(C(F)F)c1F. The predicted molar refractivity (Wildman–Crippen MR) is 121 cm³/mol. The fourth-order valence-corrected chi connectivity index (χ4v) is 5.14. The van der Waals surface area contributed by atoms with Crippen LogP contribution in [0.5, 0.6) is 0 Å². The Morgan fingerprint density at radius 2 is 2.03 bits per heavy atom. The molecule has 1 aliphatic carbocycles. The summed E-state index contributed by atoms with van der Waals surface area (Å²) in [4.78, 5) is 23.2. The van der Waals surface area contributed by atoms with E-state index in [9.17, 15) is 23.2 Å². The second kappa shape index (κ2) is 9.51. The number of benzene rings is 1. The highest BCUT2D eigenvalue weighted by atomic mass is 35.5. The number of nitrogens with one attached hydrogen (secondary N) is 1. The minimum Gasteiger partial charge on any atom is -0.363 e. The van der Waals surface area contributed by atoms with E-state index in [1.165, 1.54) is 12.1 Å². The minimum atomic E-state index is -2.91. The number of halogens is 4. The predicted octanol–water partition coefficient (Wildman–Crippen LogP) is 4.90. The van der Waals surface area contributed by atoms with Crippen molar-refractivity contribution in [3.63, 3.8) is 0 Å². The van der Waals surface area contributed by atoms with Gasteiger partial charge in [0.1, 0.15) is 17.1 Å². The summed E-state index contributed by atoms with van der Waals surface area (Å²) in [5.74, 6) is -0.407. The molecule has 2 atom stereocenters. The van der Waals surface area contributed by atoms with Gasteiger partial charge >= 0.3 is 0 Å². The number of Topliss-reactive ketones (excluding diaryl/α,β-unsaturated/α-hetero) is 1. The Labute approximate surface area is 201 Å². The number of likely N-dealkylation sites (tertiary alicyclic amines) is 1. The van der Waals surface area contributed by atoms with E-state index in [1.807, 2.05) is 11.9 Å². The van der Waals surface area contributed by atoms with Crippen molar-refractivity contribution in [3.8, 4) is 6.07 Å². The van der Waals surface area contributed by atoms with E-state index in [-0.39, 0.29) is 22.5 Å². The first-order chi connectivity index (χ1) is 16.1. The first kappa shape index (κ1) is 24.4. The van der Waals surface area contributed by atoms with Crippen molar-refractivity contribution in [3.05, 3.63) is 51.7 Å². The second-order valence-electron chi connectivity index (χ2n) is 9.29. The van der Waals surface area contributed by atoms with Gasteiger partial charge in [-0.1, -0.05) is 18.2 Å². The van der Waals surface area contributed by atoms with Crippen LogP contribution in [0.1, 0.15) is 54.6 Å². The molecule has 6 nitrogen and oxygen atoms in total. The van der Waals surface area contributed by atoms with E-state index < -0.39 is 29.3 Å². The Morgan fingerprint density at radius 1 is 1.32 bits per heavy atom. The maximum atomic E-state index is 14.6. The quantitative estimate of drug-likeness (QED) is 0.529. The minimum absolute atomic E-state index is 0.0328. The molecule has 1 aromatic heterocycles. The van der Waals surface area contributed by atoms with Gasteiger partial charge in [0.15, 0.2) is 5.78 Å². The third-order valence-electron chi connectivity index (χ3n) is 6.76. The van der Waals surface area contributed by atoms with Crippen molar-refractivity contribution < 1.29 is 18.0 Å². The Hall–Kier alpha value is -2.70. The Balaban J connectivity index is 1.46. The molecule has 1 saturated heterocycles. The lowest BCUT2D eigenvalue weighted by Gasteiger charge is -2.42. The molecule has 2 aliphatic rings. The normalized spacial score (nSPS) is 19.9. The molecule has 180 valence electrons. The zero-order valence-electron chi connectivity index (χ0n) is 18.9. The van der Waals surface area contributed by atoms with E-state index in [0.29, 0.717) is 44.6 Å². The van der Waals surface area contributed by atoms with E-state index >= 15 is 0 Å². The molecule has 34 heavy (non-hydrogen) atoms. The summed E-state index contributed by atoms with van der Waals surface area (Å²) in [6, 6.07) is 5.48. The highest BCUT2D eigenvalue weighted by Crippen LogP contribution is 2.37. The Morgan fingerprint density at radius 3 is 2.68 bits per heavy atom. The lowest BCUT2D eigenvalue weighted by atomic mass is 9.75. The van der Waals surface area contributed by atoms with E-state index in [2.05, 4.69) is 21.4 Å². The molecule has 10 heteroatoms. The van der Waals surface area contributed by atoms with Gasteiger partial charge in [-0.2, -0.15) is 5.26 Å². The van der Waals surface area contributed by atoms with Crippen molar-refractivity contribution in [2.24, 2.45) is 11.3 Å². The zero-order valence-corrected chi connectivity index (χ0v) is 19.7. The van der Waals surface area contributed by atoms with Gasteiger partial charge in [0.25, 0.3) is 6.43 Å². The van der Waals surface area contributed by atoms with E-state index in [0.717, 1.165) is 17.3 Å². The van der Waals surface area contributed by atoms with Gasteiger partial charge in [0, 0.05) is 30.6 Å². The summed E-state index contributed by atoms with van der Waals surface area (Å²) in [7, 11) is 1.88. The molecule has 0 radical (unpaired) electrons. The Bertz CT molecular complexity index is 1150. The molecule has 2 aromatic rings. The summed E-state index contributed by atoms with van der Waals surface area (Å²) < 4.78 is 40.8. The fourth-order valence-electron chi connectivity index (χ4n) is 4.95. The maximum Gasteiger partial charge on any atom is 0.266 e. The first-order valence-electron chi connectivity index (χ1n) is 11.1. The van der Waals surface area contributed by atoms with Crippen LogP contribution >= 0.6 is 11.6 Å². The highest BCUT2D eigenvalue weighted by molar-refractivity contribution is 6.28. The van der Waals surface area contributed by atoms with E-state index in [1.54, 1.807) is 6.92 Å².